The molecule has 0 aromatic heterocycles. The van der Waals surface area contributed by atoms with E-state index in [1.54, 1.807) is 36.0 Å². The maximum absolute atomic E-state index is 11.9. The molecule has 3 aromatic carbocycles. The number of benzene rings is 3. The number of hydrogen-bond acceptors (Lipinski definition) is 4. The Bertz CT molecular complexity index is 1020. The van der Waals surface area contributed by atoms with Gasteiger partial charge in [-0.15, -0.1) is 0 Å². The SMILES string of the molecule is Cc1ccc(Sc2ccc(NC(C(N)=O)c3ccc(C#N)cc3)cc2)c(C)c1. The molecule has 0 aliphatic heterocycles. The summed E-state index contributed by atoms with van der Waals surface area (Å²) in [5.74, 6) is -0.474. The molecule has 0 bridgehead atoms. The Morgan fingerprint density at radius 1 is 1.04 bits per heavy atom. The zero-order valence-corrected chi connectivity index (χ0v) is 16.6. The van der Waals surface area contributed by atoms with E-state index in [4.69, 9.17) is 11.0 Å². The molecule has 3 aromatic rings. The summed E-state index contributed by atoms with van der Waals surface area (Å²) in [7, 11) is 0. The summed E-state index contributed by atoms with van der Waals surface area (Å²) in [6, 6.07) is 22.6. The van der Waals surface area contributed by atoms with Gasteiger partial charge in [-0.25, -0.2) is 0 Å². The van der Waals surface area contributed by atoms with Crippen molar-refractivity contribution in [3.63, 3.8) is 0 Å². The van der Waals surface area contributed by atoms with E-state index in [2.05, 4.69) is 43.4 Å². The molecule has 4 nitrogen and oxygen atoms in total. The Balaban J connectivity index is 1.74. The number of nitrogens with zero attached hydrogens (tertiary/aromatic N) is 1. The summed E-state index contributed by atoms with van der Waals surface area (Å²) < 4.78 is 0. The Kier molecular flexibility index (Phi) is 6.03. The number of aryl methyl sites for hydroxylation is 2. The summed E-state index contributed by atoms with van der Waals surface area (Å²) in [5, 5.41) is 12.1. The highest BCUT2D eigenvalue weighted by Gasteiger charge is 2.17. The molecule has 1 amide bonds. The molecule has 0 saturated heterocycles. The van der Waals surface area contributed by atoms with Gasteiger partial charge in [-0.2, -0.15) is 5.26 Å². The number of amides is 1. The highest BCUT2D eigenvalue weighted by atomic mass is 32.2. The van der Waals surface area contributed by atoms with Crippen LogP contribution in [0.4, 0.5) is 5.69 Å². The molecular formula is C23H21N3OS. The molecule has 1 unspecified atom stereocenters. The van der Waals surface area contributed by atoms with Crippen molar-refractivity contribution in [2.45, 2.75) is 29.7 Å². The van der Waals surface area contributed by atoms with Crippen molar-refractivity contribution in [1.82, 2.24) is 0 Å². The predicted molar refractivity (Wildman–Crippen MR) is 113 cm³/mol. The number of carbonyl (C=O) groups is 1. The molecule has 3 N–H and O–H groups in total. The average molecular weight is 388 g/mol. The van der Waals surface area contributed by atoms with E-state index in [1.165, 1.54) is 16.0 Å². The van der Waals surface area contributed by atoms with Gasteiger partial charge in [0.2, 0.25) is 5.91 Å². The van der Waals surface area contributed by atoms with Gasteiger partial charge in [0.1, 0.15) is 6.04 Å². The van der Waals surface area contributed by atoms with Gasteiger partial charge in [-0.3, -0.25) is 4.79 Å². The fraction of sp³-hybridized carbons (Fsp3) is 0.130. The third-order valence-electron chi connectivity index (χ3n) is 4.38. The van der Waals surface area contributed by atoms with Gasteiger partial charge < -0.3 is 11.1 Å². The van der Waals surface area contributed by atoms with E-state index >= 15 is 0 Å². The second-order valence-electron chi connectivity index (χ2n) is 6.61. The number of anilines is 1. The first kappa shape index (κ1) is 19.5. The molecule has 0 aliphatic carbocycles. The molecule has 0 saturated carbocycles. The lowest BCUT2D eigenvalue weighted by Crippen LogP contribution is -2.27. The van der Waals surface area contributed by atoms with E-state index in [1.807, 2.05) is 24.3 Å². The number of primary amides is 1. The fourth-order valence-corrected chi connectivity index (χ4v) is 3.78. The van der Waals surface area contributed by atoms with Crippen LogP contribution in [0.3, 0.4) is 0 Å². The van der Waals surface area contributed by atoms with Crippen LogP contribution < -0.4 is 11.1 Å². The van der Waals surface area contributed by atoms with Crippen molar-refractivity contribution < 1.29 is 4.79 Å². The number of rotatable bonds is 6. The lowest BCUT2D eigenvalue weighted by Gasteiger charge is -2.17. The Labute approximate surface area is 169 Å². The standard InChI is InChI=1S/C23H21N3OS/c1-15-3-12-21(16(2)13-15)28-20-10-8-19(9-11-20)26-22(23(25)27)18-6-4-17(14-24)5-7-18/h3-13,22,26H,1-2H3,(H2,25,27). The molecule has 28 heavy (non-hydrogen) atoms. The summed E-state index contributed by atoms with van der Waals surface area (Å²) >= 11 is 1.71. The van der Waals surface area contributed by atoms with E-state index < -0.39 is 11.9 Å². The predicted octanol–water partition coefficient (Wildman–Crippen LogP) is 4.96. The van der Waals surface area contributed by atoms with Crippen LogP contribution in [0.15, 0.2) is 76.5 Å². The van der Waals surface area contributed by atoms with Crippen LogP contribution in [0.1, 0.15) is 28.3 Å². The molecule has 0 radical (unpaired) electrons. The van der Waals surface area contributed by atoms with Gasteiger partial charge in [-0.05, 0) is 67.4 Å². The average Bonchev–Trinajstić information content (AvgIpc) is 2.69. The molecule has 3 rings (SSSR count). The minimum atomic E-state index is -0.661. The number of nitrogens with two attached hydrogens (primary N) is 1. The van der Waals surface area contributed by atoms with Crippen LogP contribution in [-0.4, -0.2) is 5.91 Å². The first-order chi connectivity index (χ1) is 13.5. The molecule has 0 heterocycles. The van der Waals surface area contributed by atoms with Gasteiger partial charge in [0.05, 0.1) is 11.6 Å². The first-order valence-electron chi connectivity index (χ1n) is 8.87. The largest absolute Gasteiger partial charge is 0.370 e. The summed E-state index contributed by atoms with van der Waals surface area (Å²) in [6.07, 6.45) is 0. The van der Waals surface area contributed by atoms with Crippen molar-refractivity contribution >= 4 is 23.4 Å². The quantitative estimate of drug-likeness (QED) is 0.626. The maximum Gasteiger partial charge on any atom is 0.244 e. The van der Waals surface area contributed by atoms with E-state index in [0.717, 1.165) is 16.1 Å². The minimum absolute atomic E-state index is 0.474. The van der Waals surface area contributed by atoms with E-state index in [9.17, 15) is 4.79 Å². The Morgan fingerprint density at radius 2 is 1.71 bits per heavy atom. The molecule has 5 heteroatoms. The number of nitriles is 1. The lowest BCUT2D eigenvalue weighted by atomic mass is 10.0. The highest BCUT2D eigenvalue weighted by molar-refractivity contribution is 7.99. The summed E-state index contributed by atoms with van der Waals surface area (Å²) in [6.45, 7) is 4.20. The van der Waals surface area contributed by atoms with Crippen LogP contribution in [0.2, 0.25) is 0 Å². The van der Waals surface area contributed by atoms with Crippen molar-refractivity contribution in [1.29, 1.82) is 5.26 Å². The fourth-order valence-electron chi connectivity index (χ4n) is 2.90. The number of hydrogen-bond donors (Lipinski definition) is 2. The van der Waals surface area contributed by atoms with Crippen LogP contribution in [-0.2, 0) is 4.79 Å². The molecule has 0 spiro atoms. The van der Waals surface area contributed by atoms with Crippen molar-refractivity contribution in [2.24, 2.45) is 5.73 Å². The van der Waals surface area contributed by atoms with Gasteiger partial charge in [0.25, 0.3) is 0 Å². The van der Waals surface area contributed by atoms with Crippen LogP contribution in [0.5, 0.6) is 0 Å². The second kappa shape index (κ2) is 8.64. The van der Waals surface area contributed by atoms with Gasteiger partial charge >= 0.3 is 0 Å². The lowest BCUT2D eigenvalue weighted by molar-refractivity contribution is -0.118. The Morgan fingerprint density at radius 3 is 2.29 bits per heavy atom. The second-order valence-corrected chi connectivity index (χ2v) is 7.72. The third kappa shape index (κ3) is 4.73. The Hall–Kier alpha value is -3.23. The van der Waals surface area contributed by atoms with Crippen molar-refractivity contribution in [3.05, 3.63) is 89.0 Å². The van der Waals surface area contributed by atoms with Gasteiger partial charge in [0, 0.05) is 15.5 Å². The monoisotopic (exact) mass is 387 g/mol. The zero-order chi connectivity index (χ0) is 20.1. The van der Waals surface area contributed by atoms with Crippen LogP contribution >= 0.6 is 11.8 Å². The van der Waals surface area contributed by atoms with E-state index in [-0.39, 0.29) is 0 Å². The normalized spacial score (nSPS) is 11.5. The van der Waals surface area contributed by atoms with Gasteiger partial charge in [-0.1, -0.05) is 41.6 Å². The van der Waals surface area contributed by atoms with Crippen LogP contribution in [0, 0.1) is 25.2 Å². The van der Waals surface area contributed by atoms with Crippen molar-refractivity contribution in [2.75, 3.05) is 5.32 Å². The molecule has 1 atom stereocenters. The molecular weight excluding hydrogens is 366 g/mol. The molecule has 0 fully saturated rings. The minimum Gasteiger partial charge on any atom is -0.370 e. The van der Waals surface area contributed by atoms with Crippen molar-refractivity contribution in [3.8, 4) is 6.07 Å². The smallest absolute Gasteiger partial charge is 0.244 e. The van der Waals surface area contributed by atoms with Crippen LogP contribution in [0.25, 0.3) is 0 Å². The zero-order valence-electron chi connectivity index (χ0n) is 15.8. The van der Waals surface area contributed by atoms with Gasteiger partial charge in [0.15, 0.2) is 0 Å². The highest BCUT2D eigenvalue weighted by Crippen LogP contribution is 2.32. The summed E-state index contributed by atoms with van der Waals surface area (Å²) in [5.41, 5.74) is 10.1. The van der Waals surface area contributed by atoms with E-state index in [0.29, 0.717) is 5.56 Å². The molecule has 140 valence electrons. The number of nitrogens with one attached hydrogen (secondary N) is 1. The number of carbonyl (C=O) groups excluding carboxylic acids is 1. The topological polar surface area (TPSA) is 78.9 Å². The summed E-state index contributed by atoms with van der Waals surface area (Å²) in [4.78, 5) is 14.3. The molecule has 0 aliphatic rings. The first-order valence-corrected chi connectivity index (χ1v) is 9.69. The maximum atomic E-state index is 11.9. The third-order valence-corrected chi connectivity index (χ3v) is 5.57.